The fourth-order valence-corrected chi connectivity index (χ4v) is 4.12. The van der Waals surface area contributed by atoms with E-state index in [0.29, 0.717) is 16.9 Å². The van der Waals surface area contributed by atoms with Crippen LogP contribution in [0.25, 0.3) is 0 Å². The van der Waals surface area contributed by atoms with Gasteiger partial charge in [-0.25, -0.2) is 4.79 Å². The molecule has 0 bridgehead atoms. The van der Waals surface area contributed by atoms with Gasteiger partial charge in [0.1, 0.15) is 23.7 Å². The number of aliphatic carboxylic acids is 1. The molecule has 0 spiro atoms. The summed E-state index contributed by atoms with van der Waals surface area (Å²) in [7, 11) is 0. The maximum atomic E-state index is 12.5. The molecule has 1 saturated heterocycles. The molecule has 2 N–H and O–H groups in total. The van der Waals surface area contributed by atoms with Crippen LogP contribution in [0.15, 0.2) is 41.6 Å². The number of amides is 2. The lowest BCUT2D eigenvalue weighted by Gasteiger charge is -2.49. The molecular weight excluding hydrogens is 360 g/mol. The molecule has 0 saturated carbocycles. The van der Waals surface area contributed by atoms with Gasteiger partial charge in [0, 0.05) is 23.8 Å². The number of carboxylic acid groups (broad SMARTS) is 1. The highest BCUT2D eigenvalue weighted by Crippen LogP contribution is 2.40. The molecule has 2 heterocycles. The zero-order valence-electron chi connectivity index (χ0n) is 13.8. The number of hydrogen-bond donors (Lipinski definition) is 2. The van der Waals surface area contributed by atoms with Gasteiger partial charge in [0.2, 0.25) is 0 Å². The van der Waals surface area contributed by atoms with E-state index in [-0.39, 0.29) is 12.3 Å². The van der Waals surface area contributed by atoms with Crippen molar-refractivity contribution in [2.24, 2.45) is 0 Å². The fraction of sp³-hybridized carbons (Fsp3) is 0.294. The number of benzene rings is 1. The maximum Gasteiger partial charge on any atom is 0.352 e. The van der Waals surface area contributed by atoms with Gasteiger partial charge in [-0.05, 0) is 12.1 Å². The smallest absolute Gasteiger partial charge is 0.352 e. The summed E-state index contributed by atoms with van der Waals surface area (Å²) in [5, 5.41) is 11.6. The van der Waals surface area contributed by atoms with E-state index in [2.05, 4.69) is 5.32 Å². The molecule has 1 aromatic rings. The number of thioether (sulfide) groups is 1. The lowest BCUT2D eigenvalue weighted by Crippen LogP contribution is -2.70. The first kappa shape index (κ1) is 18.0. The Kier molecular flexibility index (Phi) is 4.99. The minimum absolute atomic E-state index is 0.176. The van der Waals surface area contributed by atoms with Gasteiger partial charge >= 0.3 is 11.9 Å². The van der Waals surface area contributed by atoms with Crippen LogP contribution < -0.4 is 5.32 Å². The van der Waals surface area contributed by atoms with Gasteiger partial charge in [0.15, 0.2) is 0 Å². The lowest BCUT2D eigenvalue weighted by atomic mass is 10.0. The van der Waals surface area contributed by atoms with Crippen LogP contribution in [0.5, 0.6) is 0 Å². The molecule has 26 heavy (non-hydrogen) atoms. The van der Waals surface area contributed by atoms with Crippen LogP contribution >= 0.6 is 11.8 Å². The molecule has 3 rings (SSSR count). The maximum absolute atomic E-state index is 12.5. The van der Waals surface area contributed by atoms with E-state index in [1.807, 2.05) is 0 Å². The number of fused-ring (bicyclic) bond motifs is 1. The van der Waals surface area contributed by atoms with Gasteiger partial charge in [0.25, 0.3) is 11.8 Å². The van der Waals surface area contributed by atoms with Crippen LogP contribution in [-0.4, -0.2) is 57.5 Å². The van der Waals surface area contributed by atoms with Crippen LogP contribution in [-0.2, 0) is 19.1 Å². The zero-order chi connectivity index (χ0) is 18.8. The van der Waals surface area contributed by atoms with Crippen LogP contribution in [0, 0.1) is 0 Å². The number of esters is 1. The van der Waals surface area contributed by atoms with Gasteiger partial charge in [-0.1, -0.05) is 18.2 Å². The van der Waals surface area contributed by atoms with Crippen molar-refractivity contribution in [3.8, 4) is 0 Å². The topological polar surface area (TPSA) is 113 Å². The molecule has 0 aliphatic carbocycles. The van der Waals surface area contributed by atoms with Crippen molar-refractivity contribution >= 4 is 35.5 Å². The molecule has 1 aromatic carbocycles. The summed E-state index contributed by atoms with van der Waals surface area (Å²) in [4.78, 5) is 48.4. The van der Waals surface area contributed by atoms with Gasteiger partial charge < -0.3 is 15.2 Å². The van der Waals surface area contributed by atoms with Crippen molar-refractivity contribution in [2.75, 3.05) is 12.4 Å². The zero-order valence-corrected chi connectivity index (χ0v) is 14.6. The fourth-order valence-electron chi connectivity index (χ4n) is 2.80. The molecule has 2 aliphatic heterocycles. The second kappa shape index (κ2) is 7.20. The summed E-state index contributed by atoms with van der Waals surface area (Å²) in [6.45, 7) is 1.05. The number of hydrogen-bond acceptors (Lipinski definition) is 6. The molecule has 9 heteroatoms. The molecule has 2 atom stereocenters. The predicted octanol–water partition coefficient (Wildman–Crippen LogP) is 0.602. The Balaban J connectivity index is 1.76. The van der Waals surface area contributed by atoms with E-state index in [4.69, 9.17) is 4.74 Å². The van der Waals surface area contributed by atoms with E-state index in [1.54, 1.807) is 30.3 Å². The van der Waals surface area contributed by atoms with E-state index in [1.165, 1.54) is 18.7 Å². The van der Waals surface area contributed by atoms with Crippen molar-refractivity contribution < 1.29 is 29.0 Å². The molecule has 0 unspecified atom stereocenters. The second-order valence-electron chi connectivity index (χ2n) is 5.76. The van der Waals surface area contributed by atoms with Crippen LogP contribution in [0.1, 0.15) is 17.3 Å². The van der Waals surface area contributed by atoms with Crippen LogP contribution in [0.2, 0.25) is 0 Å². The number of nitrogens with zero attached hydrogens (tertiary/aromatic N) is 1. The molecule has 8 nitrogen and oxygen atoms in total. The number of ether oxygens (including phenoxy) is 1. The average Bonchev–Trinajstić information content (AvgIpc) is 2.63. The Morgan fingerprint density at radius 1 is 1.31 bits per heavy atom. The SMILES string of the molecule is CC(=O)OCC1=C(C(=O)O)N2C(=O)[C@@H](NC(=O)c3ccccc3)[C@H]2SC1. The largest absolute Gasteiger partial charge is 0.477 e. The van der Waals surface area contributed by atoms with E-state index in [9.17, 15) is 24.3 Å². The number of nitrogens with one attached hydrogen (secondary N) is 1. The van der Waals surface area contributed by atoms with E-state index >= 15 is 0 Å². The number of β-lactam (4-membered cyclic amide) rings is 1. The molecule has 0 aromatic heterocycles. The highest BCUT2D eigenvalue weighted by molar-refractivity contribution is 8.00. The first-order chi connectivity index (χ1) is 12.4. The van der Waals surface area contributed by atoms with E-state index in [0.717, 1.165) is 4.90 Å². The second-order valence-corrected chi connectivity index (χ2v) is 6.87. The van der Waals surface area contributed by atoms with Gasteiger partial charge in [0.05, 0.1) is 0 Å². The third-order valence-electron chi connectivity index (χ3n) is 4.02. The molecular formula is C17H16N2O6S. The minimum Gasteiger partial charge on any atom is -0.477 e. The molecule has 2 amide bonds. The number of carboxylic acids is 1. The van der Waals surface area contributed by atoms with Crippen molar-refractivity contribution in [2.45, 2.75) is 18.3 Å². The minimum atomic E-state index is -1.27. The normalized spacial score (nSPS) is 21.6. The Morgan fingerprint density at radius 2 is 2.00 bits per heavy atom. The summed E-state index contributed by atoms with van der Waals surface area (Å²) >= 11 is 1.32. The molecule has 136 valence electrons. The van der Waals surface area contributed by atoms with Crippen molar-refractivity contribution in [1.29, 1.82) is 0 Å². The summed E-state index contributed by atoms with van der Waals surface area (Å²) in [5.74, 6) is -2.39. The monoisotopic (exact) mass is 376 g/mol. The van der Waals surface area contributed by atoms with Crippen molar-refractivity contribution in [1.82, 2.24) is 10.2 Å². The third-order valence-corrected chi connectivity index (χ3v) is 5.36. The summed E-state index contributed by atoms with van der Waals surface area (Å²) < 4.78 is 4.87. The van der Waals surface area contributed by atoms with Gasteiger partial charge in [-0.3, -0.25) is 19.3 Å². The quantitative estimate of drug-likeness (QED) is 0.571. The van der Waals surface area contributed by atoms with Crippen LogP contribution in [0.4, 0.5) is 0 Å². The predicted molar refractivity (Wildman–Crippen MR) is 92.1 cm³/mol. The average molecular weight is 376 g/mol. The first-order valence-electron chi connectivity index (χ1n) is 7.79. The molecule has 1 fully saturated rings. The number of rotatable bonds is 5. The highest BCUT2D eigenvalue weighted by Gasteiger charge is 2.54. The lowest BCUT2D eigenvalue weighted by molar-refractivity contribution is -0.149. The van der Waals surface area contributed by atoms with Crippen molar-refractivity contribution in [3.63, 3.8) is 0 Å². The Hall–Kier alpha value is -2.81. The van der Waals surface area contributed by atoms with Gasteiger partial charge in [-0.2, -0.15) is 0 Å². The first-order valence-corrected chi connectivity index (χ1v) is 8.84. The summed E-state index contributed by atoms with van der Waals surface area (Å²) in [6, 6.07) is 7.67. The standard InChI is InChI=1S/C17H16N2O6S/c1-9(20)25-7-11-8-26-16-12(15(22)19(16)13(11)17(23)24)18-14(21)10-5-3-2-4-6-10/h2-6,12,16H,7-8H2,1H3,(H,18,21)(H,23,24)/t12-,16-/m1/s1. The van der Waals surface area contributed by atoms with Crippen molar-refractivity contribution in [3.05, 3.63) is 47.2 Å². The van der Waals surface area contributed by atoms with Crippen LogP contribution in [0.3, 0.4) is 0 Å². The number of carbonyl (C=O) groups excluding carboxylic acids is 3. The van der Waals surface area contributed by atoms with E-state index < -0.39 is 35.2 Å². The highest BCUT2D eigenvalue weighted by atomic mass is 32.2. The Bertz CT molecular complexity index is 807. The third kappa shape index (κ3) is 3.30. The summed E-state index contributed by atoms with van der Waals surface area (Å²) in [5.41, 5.74) is 0.601. The Morgan fingerprint density at radius 3 is 2.62 bits per heavy atom. The molecule has 2 aliphatic rings. The van der Waals surface area contributed by atoms with Gasteiger partial charge in [-0.15, -0.1) is 11.8 Å². The number of carbonyl (C=O) groups is 4. The summed E-state index contributed by atoms with van der Waals surface area (Å²) in [6.07, 6.45) is 0. The molecule has 0 radical (unpaired) electrons. The Labute approximate surface area is 153 Å².